The lowest BCUT2D eigenvalue weighted by Crippen LogP contribution is -2.17. The van der Waals surface area contributed by atoms with Crippen LogP contribution in [0.2, 0.25) is 0 Å². The van der Waals surface area contributed by atoms with Gasteiger partial charge in [0.25, 0.3) is 5.91 Å². The summed E-state index contributed by atoms with van der Waals surface area (Å²) in [6.45, 7) is 5.25. The van der Waals surface area contributed by atoms with Crippen LogP contribution in [0.1, 0.15) is 38.5 Å². The minimum absolute atomic E-state index is 0.121. The lowest BCUT2D eigenvalue weighted by Gasteiger charge is -2.12. The quantitative estimate of drug-likeness (QED) is 0.383. The van der Waals surface area contributed by atoms with Gasteiger partial charge >= 0.3 is 0 Å². The second-order valence-corrected chi connectivity index (χ2v) is 7.31. The first-order valence-electron chi connectivity index (χ1n) is 10.3. The van der Waals surface area contributed by atoms with Crippen LogP contribution in [0.5, 0.6) is 5.75 Å². The van der Waals surface area contributed by atoms with Gasteiger partial charge < -0.3 is 19.4 Å². The van der Waals surface area contributed by atoms with Crippen LogP contribution < -0.4 is 10.1 Å². The fourth-order valence-electron chi connectivity index (χ4n) is 3.52. The molecule has 0 aliphatic rings. The molecule has 1 heterocycles. The normalized spacial score (nSPS) is 10.7. The average molecular weight is 421 g/mol. The third-order valence-electron chi connectivity index (χ3n) is 5.13. The Bertz CT molecular complexity index is 1040. The van der Waals surface area contributed by atoms with E-state index < -0.39 is 0 Å². The summed E-state index contributed by atoms with van der Waals surface area (Å²) in [5, 5.41) is 2.84. The zero-order valence-electron chi connectivity index (χ0n) is 18.2. The molecule has 0 saturated heterocycles. The fourth-order valence-corrected chi connectivity index (χ4v) is 3.52. The topological polar surface area (TPSA) is 69.6 Å². The van der Waals surface area contributed by atoms with Crippen LogP contribution in [0.15, 0.2) is 60.7 Å². The standard InChI is InChI=1S/C25H28N2O4/c1-18-16-22(19(2)27(18)14-9-15-30-3)23(28)17-31-24-13-8-7-12-21(24)25(29)26-20-10-5-4-6-11-20/h4-8,10-13,16H,9,14-15,17H2,1-3H3,(H,26,29). The van der Waals surface area contributed by atoms with Crippen molar-refractivity contribution >= 4 is 17.4 Å². The number of aryl methyl sites for hydroxylation is 1. The molecule has 6 nitrogen and oxygen atoms in total. The molecular weight excluding hydrogens is 392 g/mol. The van der Waals surface area contributed by atoms with Gasteiger partial charge in [0.1, 0.15) is 5.75 Å². The van der Waals surface area contributed by atoms with Gasteiger partial charge in [-0.25, -0.2) is 0 Å². The Morgan fingerprint density at radius 1 is 0.968 bits per heavy atom. The molecule has 0 aliphatic carbocycles. The van der Waals surface area contributed by atoms with Crippen LogP contribution in [0, 0.1) is 13.8 Å². The smallest absolute Gasteiger partial charge is 0.259 e. The fraction of sp³-hybridized carbons (Fsp3) is 0.280. The molecule has 0 unspecified atom stereocenters. The summed E-state index contributed by atoms with van der Waals surface area (Å²) in [6.07, 6.45) is 0.876. The number of nitrogens with one attached hydrogen (secondary N) is 1. The number of para-hydroxylation sites is 2. The van der Waals surface area contributed by atoms with Crippen LogP contribution in [-0.4, -0.2) is 36.6 Å². The summed E-state index contributed by atoms with van der Waals surface area (Å²) >= 11 is 0. The van der Waals surface area contributed by atoms with E-state index in [0.717, 1.165) is 24.4 Å². The number of ether oxygens (including phenoxy) is 2. The molecule has 1 amide bonds. The van der Waals surface area contributed by atoms with E-state index in [1.807, 2.05) is 50.2 Å². The second kappa shape index (κ2) is 10.6. The zero-order valence-corrected chi connectivity index (χ0v) is 18.2. The third kappa shape index (κ3) is 5.61. The third-order valence-corrected chi connectivity index (χ3v) is 5.13. The Morgan fingerprint density at radius 2 is 1.68 bits per heavy atom. The molecule has 0 atom stereocenters. The van der Waals surface area contributed by atoms with Gasteiger partial charge in [-0.3, -0.25) is 9.59 Å². The number of methoxy groups -OCH3 is 1. The Labute approximate surface area is 182 Å². The van der Waals surface area contributed by atoms with E-state index in [9.17, 15) is 9.59 Å². The molecule has 3 aromatic rings. The van der Waals surface area contributed by atoms with E-state index in [0.29, 0.717) is 29.2 Å². The van der Waals surface area contributed by atoms with Gasteiger partial charge in [-0.15, -0.1) is 0 Å². The SMILES string of the molecule is COCCCn1c(C)cc(C(=O)COc2ccccc2C(=O)Nc2ccccc2)c1C. The van der Waals surface area contributed by atoms with Crippen molar-refractivity contribution in [1.82, 2.24) is 4.57 Å². The van der Waals surface area contributed by atoms with Gasteiger partial charge in [0.05, 0.1) is 5.56 Å². The molecule has 0 aliphatic heterocycles. The maximum Gasteiger partial charge on any atom is 0.259 e. The highest BCUT2D eigenvalue weighted by molar-refractivity contribution is 6.06. The molecule has 162 valence electrons. The largest absolute Gasteiger partial charge is 0.485 e. The molecule has 6 heteroatoms. The molecule has 3 rings (SSSR count). The van der Waals surface area contributed by atoms with Crippen LogP contribution in [-0.2, 0) is 11.3 Å². The summed E-state index contributed by atoms with van der Waals surface area (Å²) in [7, 11) is 1.68. The predicted octanol–water partition coefficient (Wildman–Crippen LogP) is 4.66. The minimum atomic E-state index is -0.287. The molecule has 1 N–H and O–H groups in total. The Morgan fingerprint density at radius 3 is 2.42 bits per heavy atom. The average Bonchev–Trinajstić information content (AvgIpc) is 3.07. The van der Waals surface area contributed by atoms with E-state index in [1.165, 1.54) is 0 Å². The zero-order chi connectivity index (χ0) is 22.2. The number of carbonyl (C=O) groups excluding carboxylic acids is 2. The molecule has 0 bridgehead atoms. The summed E-state index contributed by atoms with van der Waals surface area (Å²) in [5.74, 6) is -0.0342. The van der Waals surface area contributed by atoms with Crippen molar-refractivity contribution in [1.29, 1.82) is 0 Å². The van der Waals surface area contributed by atoms with E-state index in [1.54, 1.807) is 31.4 Å². The first kappa shape index (κ1) is 22.3. The van der Waals surface area contributed by atoms with Crippen molar-refractivity contribution < 1.29 is 19.1 Å². The summed E-state index contributed by atoms with van der Waals surface area (Å²) in [4.78, 5) is 25.5. The number of benzene rings is 2. The summed E-state index contributed by atoms with van der Waals surface area (Å²) in [5.41, 5.74) is 3.65. The van der Waals surface area contributed by atoms with Gasteiger partial charge in [-0.2, -0.15) is 0 Å². The predicted molar refractivity (Wildman–Crippen MR) is 121 cm³/mol. The van der Waals surface area contributed by atoms with Gasteiger partial charge in [0.15, 0.2) is 6.61 Å². The van der Waals surface area contributed by atoms with Crippen molar-refractivity contribution in [3.8, 4) is 5.75 Å². The number of rotatable bonds is 10. The maximum absolute atomic E-state index is 12.8. The molecule has 0 radical (unpaired) electrons. The van der Waals surface area contributed by atoms with Crippen molar-refractivity contribution in [2.24, 2.45) is 0 Å². The van der Waals surface area contributed by atoms with Crippen molar-refractivity contribution in [3.05, 3.63) is 83.2 Å². The molecule has 0 fully saturated rings. The lowest BCUT2D eigenvalue weighted by molar-refractivity contribution is 0.0913. The number of ketones is 1. The number of aromatic nitrogens is 1. The van der Waals surface area contributed by atoms with Crippen LogP contribution in [0.25, 0.3) is 0 Å². The lowest BCUT2D eigenvalue weighted by atomic mass is 10.1. The number of Topliss-reactive ketones (excluding diaryl/α,β-unsaturated/α-hetero) is 1. The number of carbonyl (C=O) groups is 2. The molecule has 1 aromatic heterocycles. The van der Waals surface area contributed by atoms with Crippen molar-refractivity contribution in [2.45, 2.75) is 26.8 Å². The van der Waals surface area contributed by atoms with E-state index >= 15 is 0 Å². The van der Waals surface area contributed by atoms with Gasteiger partial charge in [0.2, 0.25) is 5.78 Å². The number of nitrogens with zero attached hydrogens (tertiary/aromatic N) is 1. The number of amides is 1. The van der Waals surface area contributed by atoms with E-state index in [4.69, 9.17) is 9.47 Å². The Kier molecular flexibility index (Phi) is 7.62. The number of hydrogen-bond acceptors (Lipinski definition) is 4. The summed E-state index contributed by atoms with van der Waals surface area (Å²) < 4.78 is 13.0. The van der Waals surface area contributed by atoms with Crippen LogP contribution in [0.3, 0.4) is 0 Å². The highest BCUT2D eigenvalue weighted by atomic mass is 16.5. The van der Waals surface area contributed by atoms with Crippen LogP contribution >= 0.6 is 0 Å². The molecule has 31 heavy (non-hydrogen) atoms. The van der Waals surface area contributed by atoms with E-state index in [2.05, 4.69) is 9.88 Å². The minimum Gasteiger partial charge on any atom is -0.485 e. The van der Waals surface area contributed by atoms with Crippen LogP contribution in [0.4, 0.5) is 5.69 Å². The molecular formula is C25H28N2O4. The highest BCUT2D eigenvalue weighted by Gasteiger charge is 2.18. The monoisotopic (exact) mass is 420 g/mol. The second-order valence-electron chi connectivity index (χ2n) is 7.31. The first-order valence-corrected chi connectivity index (χ1v) is 10.3. The molecule has 2 aromatic carbocycles. The van der Waals surface area contributed by atoms with Gasteiger partial charge in [-0.1, -0.05) is 30.3 Å². The van der Waals surface area contributed by atoms with Gasteiger partial charge in [0, 0.05) is 42.9 Å². The number of hydrogen-bond donors (Lipinski definition) is 1. The maximum atomic E-state index is 12.8. The Balaban J connectivity index is 1.69. The van der Waals surface area contributed by atoms with Crippen molar-refractivity contribution in [2.75, 3.05) is 25.6 Å². The molecule has 0 spiro atoms. The molecule has 0 saturated carbocycles. The number of anilines is 1. The van der Waals surface area contributed by atoms with E-state index in [-0.39, 0.29) is 18.3 Å². The first-order chi connectivity index (χ1) is 15.0. The Hall–Kier alpha value is -3.38. The van der Waals surface area contributed by atoms with Crippen molar-refractivity contribution in [3.63, 3.8) is 0 Å². The summed E-state index contributed by atoms with van der Waals surface area (Å²) in [6, 6.07) is 18.0. The highest BCUT2D eigenvalue weighted by Crippen LogP contribution is 2.21. The van der Waals surface area contributed by atoms with Gasteiger partial charge in [-0.05, 0) is 50.6 Å².